The maximum atomic E-state index is 12.9. The summed E-state index contributed by atoms with van der Waals surface area (Å²) in [4.78, 5) is 24.7. The molecule has 0 saturated heterocycles. The number of hydrogen-bond donors (Lipinski definition) is 0. The van der Waals surface area contributed by atoms with E-state index in [2.05, 4.69) is 27.7 Å². The van der Waals surface area contributed by atoms with E-state index in [4.69, 9.17) is 9.47 Å². The third-order valence-corrected chi connectivity index (χ3v) is 9.12. The minimum atomic E-state index is -0.422. The van der Waals surface area contributed by atoms with Crippen LogP contribution >= 0.6 is 0 Å². The van der Waals surface area contributed by atoms with Crippen molar-refractivity contribution in [2.45, 2.75) is 91.3 Å². The summed E-state index contributed by atoms with van der Waals surface area (Å²) in [6.45, 7) is 10.3. The third kappa shape index (κ3) is 3.61. The minimum Gasteiger partial charge on any atom is -0.462 e. The van der Waals surface area contributed by atoms with Crippen molar-refractivity contribution in [2.24, 2.45) is 47.3 Å². The van der Waals surface area contributed by atoms with E-state index < -0.39 is 5.60 Å². The summed E-state index contributed by atoms with van der Waals surface area (Å²) in [6, 6.07) is 0. The van der Waals surface area contributed by atoms with Crippen LogP contribution in [0.1, 0.15) is 79.6 Å². The predicted octanol–water partition coefficient (Wildman–Crippen LogP) is 4.99. The molecule has 4 saturated carbocycles. The fourth-order valence-corrected chi connectivity index (χ4v) is 7.59. The molecule has 28 heavy (non-hydrogen) atoms. The molecule has 4 heteroatoms. The summed E-state index contributed by atoms with van der Waals surface area (Å²) in [5, 5.41) is 0. The Bertz CT molecular complexity index is 624. The van der Waals surface area contributed by atoms with Gasteiger partial charge in [0.25, 0.3) is 0 Å². The van der Waals surface area contributed by atoms with Gasteiger partial charge in [-0.25, -0.2) is 0 Å². The number of fused-ring (bicyclic) bond motifs is 4. The lowest BCUT2D eigenvalue weighted by Crippen LogP contribution is -2.42. The fraction of sp³-hybridized carbons (Fsp3) is 0.917. The van der Waals surface area contributed by atoms with E-state index in [0.717, 1.165) is 18.3 Å². The van der Waals surface area contributed by atoms with Crippen LogP contribution in [0, 0.1) is 47.3 Å². The van der Waals surface area contributed by atoms with Crippen LogP contribution in [0.15, 0.2) is 0 Å². The Morgan fingerprint density at radius 3 is 2.29 bits per heavy atom. The number of hydrogen-bond acceptors (Lipinski definition) is 4. The summed E-state index contributed by atoms with van der Waals surface area (Å²) >= 11 is 0. The largest absolute Gasteiger partial charge is 0.462 e. The van der Waals surface area contributed by atoms with Crippen LogP contribution in [-0.4, -0.2) is 23.6 Å². The Labute approximate surface area is 170 Å². The molecular weight excluding hydrogens is 352 g/mol. The molecule has 4 aliphatic rings. The monoisotopic (exact) mass is 390 g/mol. The highest BCUT2D eigenvalue weighted by Crippen LogP contribution is 2.57. The summed E-state index contributed by atoms with van der Waals surface area (Å²) < 4.78 is 11.7. The van der Waals surface area contributed by atoms with Crippen molar-refractivity contribution in [2.75, 3.05) is 0 Å². The van der Waals surface area contributed by atoms with E-state index in [9.17, 15) is 9.59 Å². The van der Waals surface area contributed by atoms with Gasteiger partial charge in [0.05, 0.1) is 6.42 Å². The fourth-order valence-electron chi connectivity index (χ4n) is 7.59. The van der Waals surface area contributed by atoms with Gasteiger partial charge in [0, 0.05) is 12.8 Å². The third-order valence-electron chi connectivity index (χ3n) is 9.12. The summed E-state index contributed by atoms with van der Waals surface area (Å²) in [6.07, 6.45) is 7.31. The van der Waals surface area contributed by atoms with Crippen molar-refractivity contribution in [3.8, 4) is 0 Å². The summed E-state index contributed by atoms with van der Waals surface area (Å²) in [5.41, 5.74) is -0.422. The average Bonchev–Trinajstić information content (AvgIpc) is 3.36. The molecule has 0 radical (unpaired) electrons. The number of carbonyl (C=O) groups excluding carboxylic acids is 2. The maximum absolute atomic E-state index is 12.9. The van der Waals surface area contributed by atoms with E-state index in [-0.39, 0.29) is 24.5 Å². The number of carbonyl (C=O) groups is 2. The quantitative estimate of drug-likeness (QED) is 0.599. The molecule has 4 nitrogen and oxygen atoms in total. The van der Waals surface area contributed by atoms with E-state index in [1.54, 1.807) is 0 Å². The molecular formula is C24H38O4. The van der Waals surface area contributed by atoms with Gasteiger partial charge in [-0.2, -0.15) is 0 Å². The van der Waals surface area contributed by atoms with Crippen molar-refractivity contribution in [1.82, 2.24) is 0 Å². The molecule has 4 bridgehead atoms. The molecule has 0 aromatic carbocycles. The molecule has 9 unspecified atom stereocenters. The highest BCUT2D eigenvalue weighted by molar-refractivity contribution is 5.72. The van der Waals surface area contributed by atoms with Gasteiger partial charge >= 0.3 is 11.9 Å². The van der Waals surface area contributed by atoms with Crippen molar-refractivity contribution < 1.29 is 19.1 Å². The Kier molecular flexibility index (Phi) is 5.29. The minimum absolute atomic E-state index is 0.192. The zero-order chi connectivity index (χ0) is 20.2. The summed E-state index contributed by atoms with van der Waals surface area (Å²) in [7, 11) is 0. The standard InChI is InChI=1S/C24H38O4/c1-13-14(2)19-10-18(13)11-20(19)22(27-15(3)25)12-23(26)28-24(4,5)21-9-16-6-7-17(21)8-16/h13-14,16-22H,6-12H2,1-5H3. The van der Waals surface area contributed by atoms with Gasteiger partial charge in [0.15, 0.2) is 0 Å². The molecule has 0 heterocycles. The topological polar surface area (TPSA) is 52.6 Å². The lowest BCUT2D eigenvalue weighted by atomic mass is 9.73. The first-order valence-corrected chi connectivity index (χ1v) is 11.5. The van der Waals surface area contributed by atoms with Crippen LogP contribution in [-0.2, 0) is 19.1 Å². The number of ether oxygens (including phenoxy) is 2. The molecule has 0 N–H and O–H groups in total. The van der Waals surface area contributed by atoms with Crippen molar-refractivity contribution in [3.05, 3.63) is 0 Å². The lowest BCUT2D eigenvalue weighted by molar-refractivity contribution is -0.171. The second-order valence-electron chi connectivity index (χ2n) is 11.0. The highest BCUT2D eigenvalue weighted by atomic mass is 16.6. The summed E-state index contributed by atoms with van der Waals surface area (Å²) in [5.74, 6) is 4.51. The molecule has 4 aliphatic carbocycles. The van der Waals surface area contributed by atoms with Crippen molar-refractivity contribution >= 4 is 11.9 Å². The van der Waals surface area contributed by atoms with E-state index >= 15 is 0 Å². The lowest BCUT2D eigenvalue weighted by Gasteiger charge is -2.38. The molecule has 158 valence electrons. The Morgan fingerprint density at radius 2 is 1.75 bits per heavy atom. The van der Waals surface area contributed by atoms with Crippen molar-refractivity contribution in [1.29, 1.82) is 0 Å². The normalized spacial score (nSPS) is 42.6. The van der Waals surface area contributed by atoms with Gasteiger partial charge in [-0.15, -0.1) is 0 Å². The highest BCUT2D eigenvalue weighted by Gasteiger charge is 2.53. The van der Waals surface area contributed by atoms with E-state index in [0.29, 0.717) is 35.5 Å². The van der Waals surface area contributed by atoms with Crippen LogP contribution in [0.5, 0.6) is 0 Å². The zero-order valence-electron chi connectivity index (χ0n) is 18.3. The van der Waals surface area contributed by atoms with Gasteiger partial charge < -0.3 is 9.47 Å². The van der Waals surface area contributed by atoms with E-state index in [1.165, 1.54) is 39.0 Å². The second kappa shape index (κ2) is 7.32. The van der Waals surface area contributed by atoms with Gasteiger partial charge in [-0.1, -0.05) is 20.3 Å². The Hall–Kier alpha value is -1.06. The van der Waals surface area contributed by atoms with Crippen LogP contribution in [0.4, 0.5) is 0 Å². The first-order chi connectivity index (χ1) is 13.2. The average molecular weight is 391 g/mol. The van der Waals surface area contributed by atoms with Crippen LogP contribution in [0.2, 0.25) is 0 Å². The van der Waals surface area contributed by atoms with Crippen LogP contribution in [0.3, 0.4) is 0 Å². The first-order valence-electron chi connectivity index (χ1n) is 11.5. The molecule has 4 fully saturated rings. The Morgan fingerprint density at radius 1 is 1.00 bits per heavy atom. The molecule has 0 spiro atoms. The van der Waals surface area contributed by atoms with Gasteiger partial charge in [0.2, 0.25) is 0 Å². The van der Waals surface area contributed by atoms with Crippen LogP contribution in [0.25, 0.3) is 0 Å². The first kappa shape index (κ1) is 20.2. The molecule has 9 atom stereocenters. The Balaban J connectivity index is 1.40. The molecule has 0 aliphatic heterocycles. The number of rotatable bonds is 6. The van der Waals surface area contributed by atoms with Gasteiger partial charge in [0.1, 0.15) is 11.7 Å². The maximum Gasteiger partial charge on any atom is 0.310 e. The zero-order valence-corrected chi connectivity index (χ0v) is 18.3. The SMILES string of the molecule is CC(=O)OC(CC(=O)OC(C)(C)C1CC2CCC1C2)C1CC2CC1C(C)C2C. The van der Waals surface area contributed by atoms with Gasteiger partial charge in [-0.05, 0) is 87.4 Å². The van der Waals surface area contributed by atoms with Gasteiger partial charge in [-0.3, -0.25) is 9.59 Å². The van der Waals surface area contributed by atoms with Crippen molar-refractivity contribution in [3.63, 3.8) is 0 Å². The predicted molar refractivity (Wildman–Crippen MR) is 107 cm³/mol. The molecule has 0 amide bonds. The smallest absolute Gasteiger partial charge is 0.310 e. The molecule has 0 aromatic heterocycles. The van der Waals surface area contributed by atoms with Crippen LogP contribution < -0.4 is 0 Å². The number of esters is 2. The molecule has 0 aromatic rings. The second-order valence-corrected chi connectivity index (χ2v) is 11.0. The van der Waals surface area contributed by atoms with E-state index in [1.807, 2.05) is 0 Å². The molecule has 4 rings (SSSR count).